The molecule has 15 heavy (non-hydrogen) atoms. The smallest absolute Gasteiger partial charge is 0.323 e. The van der Waals surface area contributed by atoms with E-state index in [4.69, 9.17) is 11.6 Å². The number of ether oxygens (including phenoxy) is 1. The van der Waals surface area contributed by atoms with E-state index in [-0.39, 0.29) is 5.78 Å². The summed E-state index contributed by atoms with van der Waals surface area (Å²) in [7, 11) is 1.28. The maximum Gasteiger partial charge on any atom is 0.323 e. The van der Waals surface area contributed by atoms with E-state index in [1.165, 1.54) is 13.2 Å². The summed E-state index contributed by atoms with van der Waals surface area (Å²) in [6, 6.07) is 0. The van der Waals surface area contributed by atoms with E-state index in [9.17, 15) is 9.59 Å². The van der Waals surface area contributed by atoms with Crippen LogP contribution in [0.4, 0.5) is 0 Å². The Hall–Kier alpha value is -1.09. The van der Waals surface area contributed by atoms with Crippen LogP contribution in [0.3, 0.4) is 0 Å². The van der Waals surface area contributed by atoms with Crippen molar-refractivity contribution in [3.05, 3.63) is 24.3 Å². The molecule has 0 aromatic rings. The highest BCUT2D eigenvalue weighted by molar-refractivity contribution is 6.18. The zero-order valence-electron chi connectivity index (χ0n) is 8.53. The fraction of sp³-hybridized carbons (Fsp3) is 0.455. The van der Waals surface area contributed by atoms with Crippen molar-refractivity contribution in [3.8, 4) is 0 Å². The van der Waals surface area contributed by atoms with Gasteiger partial charge in [-0.05, 0) is 18.9 Å². The second-order valence-electron chi connectivity index (χ2n) is 3.34. The molecule has 1 aliphatic rings. The van der Waals surface area contributed by atoms with Gasteiger partial charge in [-0.15, -0.1) is 11.6 Å². The molecule has 0 amide bonds. The van der Waals surface area contributed by atoms with Crippen molar-refractivity contribution in [2.45, 2.75) is 12.8 Å². The van der Waals surface area contributed by atoms with Crippen LogP contribution in [0.1, 0.15) is 12.8 Å². The predicted molar refractivity (Wildman–Crippen MR) is 57.7 cm³/mol. The minimum Gasteiger partial charge on any atom is -0.468 e. The van der Waals surface area contributed by atoms with E-state index >= 15 is 0 Å². The van der Waals surface area contributed by atoms with Crippen LogP contribution in [0.2, 0.25) is 0 Å². The lowest BCUT2D eigenvalue weighted by Gasteiger charge is -2.26. The zero-order chi connectivity index (χ0) is 11.3. The molecule has 4 heteroatoms. The molecule has 1 unspecified atom stereocenters. The lowest BCUT2D eigenvalue weighted by molar-refractivity contribution is -0.153. The molecule has 0 aliphatic heterocycles. The van der Waals surface area contributed by atoms with Crippen LogP contribution in [0.5, 0.6) is 0 Å². The zero-order valence-corrected chi connectivity index (χ0v) is 9.29. The molecule has 0 radical (unpaired) electrons. The highest BCUT2D eigenvalue weighted by Gasteiger charge is 2.43. The van der Waals surface area contributed by atoms with Crippen LogP contribution >= 0.6 is 11.6 Å². The minimum absolute atomic E-state index is 0.234. The first kappa shape index (κ1) is 12.0. The summed E-state index contributed by atoms with van der Waals surface area (Å²) in [5, 5.41) is 0. The quantitative estimate of drug-likeness (QED) is 0.419. The van der Waals surface area contributed by atoms with Crippen LogP contribution in [0.25, 0.3) is 0 Å². The molecule has 1 atom stereocenters. The van der Waals surface area contributed by atoms with Gasteiger partial charge in [0.15, 0.2) is 5.78 Å². The molecular formula is C11H13ClO3. The summed E-state index contributed by atoms with van der Waals surface area (Å²) in [5.74, 6) is -0.330. The van der Waals surface area contributed by atoms with Crippen LogP contribution < -0.4 is 0 Å². The van der Waals surface area contributed by atoms with E-state index in [1.54, 1.807) is 18.2 Å². The van der Waals surface area contributed by atoms with Gasteiger partial charge in [0.05, 0.1) is 7.11 Å². The third-order valence-electron chi connectivity index (χ3n) is 2.43. The number of methoxy groups -OCH3 is 1. The summed E-state index contributed by atoms with van der Waals surface area (Å²) < 4.78 is 4.67. The van der Waals surface area contributed by atoms with Crippen molar-refractivity contribution in [1.29, 1.82) is 0 Å². The van der Waals surface area contributed by atoms with Gasteiger partial charge in [-0.1, -0.05) is 18.2 Å². The van der Waals surface area contributed by atoms with Crippen LogP contribution in [-0.4, -0.2) is 24.7 Å². The SMILES string of the molecule is COC(=O)C1(CCCCl)C=CC=CC1=O. The van der Waals surface area contributed by atoms with Crippen molar-refractivity contribution < 1.29 is 14.3 Å². The Morgan fingerprint density at radius 3 is 2.80 bits per heavy atom. The summed E-state index contributed by atoms with van der Waals surface area (Å²) >= 11 is 5.57. The molecule has 0 saturated carbocycles. The first-order valence-corrected chi connectivity index (χ1v) is 5.25. The lowest BCUT2D eigenvalue weighted by atomic mass is 9.77. The normalized spacial score (nSPS) is 24.3. The molecule has 0 saturated heterocycles. The number of halogens is 1. The fourth-order valence-electron chi connectivity index (χ4n) is 1.60. The Balaban J connectivity index is 2.95. The van der Waals surface area contributed by atoms with Gasteiger partial charge in [0.2, 0.25) is 0 Å². The third-order valence-corrected chi connectivity index (χ3v) is 2.70. The van der Waals surface area contributed by atoms with E-state index in [2.05, 4.69) is 4.74 Å². The molecule has 1 aliphatic carbocycles. The molecular weight excluding hydrogens is 216 g/mol. The molecule has 3 nitrogen and oxygen atoms in total. The lowest BCUT2D eigenvalue weighted by Crippen LogP contribution is -2.38. The molecule has 0 N–H and O–H groups in total. The Labute approximate surface area is 93.7 Å². The van der Waals surface area contributed by atoms with Crippen molar-refractivity contribution in [3.63, 3.8) is 0 Å². The number of hydrogen-bond acceptors (Lipinski definition) is 3. The Morgan fingerprint density at radius 1 is 1.53 bits per heavy atom. The monoisotopic (exact) mass is 228 g/mol. The summed E-state index contributed by atoms with van der Waals surface area (Å²) in [6.45, 7) is 0. The summed E-state index contributed by atoms with van der Waals surface area (Å²) in [6.07, 6.45) is 7.28. The number of carbonyl (C=O) groups excluding carboxylic acids is 2. The van der Waals surface area contributed by atoms with Crippen molar-refractivity contribution in [2.75, 3.05) is 13.0 Å². The predicted octanol–water partition coefficient (Wildman–Crippen LogP) is 1.86. The average molecular weight is 229 g/mol. The number of rotatable bonds is 4. The fourth-order valence-corrected chi connectivity index (χ4v) is 1.73. The van der Waals surface area contributed by atoms with Gasteiger partial charge in [0.25, 0.3) is 0 Å². The second-order valence-corrected chi connectivity index (χ2v) is 3.72. The second kappa shape index (κ2) is 5.12. The van der Waals surface area contributed by atoms with E-state index in [0.29, 0.717) is 18.7 Å². The van der Waals surface area contributed by atoms with Crippen molar-refractivity contribution >= 4 is 23.4 Å². The van der Waals surface area contributed by atoms with Gasteiger partial charge in [-0.25, -0.2) is 0 Å². The van der Waals surface area contributed by atoms with Crippen LogP contribution in [-0.2, 0) is 14.3 Å². The van der Waals surface area contributed by atoms with Crippen molar-refractivity contribution in [2.24, 2.45) is 5.41 Å². The maximum atomic E-state index is 11.7. The van der Waals surface area contributed by atoms with Gasteiger partial charge in [-0.2, -0.15) is 0 Å². The molecule has 82 valence electrons. The summed E-state index contributed by atoms with van der Waals surface area (Å²) in [5.41, 5.74) is -1.15. The first-order chi connectivity index (χ1) is 7.17. The van der Waals surface area contributed by atoms with E-state index in [1.807, 2.05) is 0 Å². The molecule has 0 fully saturated rings. The Morgan fingerprint density at radius 2 is 2.27 bits per heavy atom. The number of alkyl halides is 1. The van der Waals surface area contributed by atoms with Gasteiger partial charge in [0.1, 0.15) is 5.41 Å². The molecule has 1 rings (SSSR count). The molecule has 0 spiro atoms. The van der Waals surface area contributed by atoms with E-state index < -0.39 is 11.4 Å². The molecule has 0 aromatic heterocycles. The third kappa shape index (κ3) is 2.29. The van der Waals surface area contributed by atoms with Crippen LogP contribution in [0, 0.1) is 5.41 Å². The highest BCUT2D eigenvalue weighted by atomic mass is 35.5. The molecule has 0 aromatic carbocycles. The largest absolute Gasteiger partial charge is 0.468 e. The molecule has 0 bridgehead atoms. The van der Waals surface area contributed by atoms with E-state index in [0.717, 1.165) is 0 Å². The maximum absolute atomic E-state index is 11.7. The van der Waals surface area contributed by atoms with Gasteiger partial charge in [-0.3, -0.25) is 9.59 Å². The van der Waals surface area contributed by atoms with Gasteiger partial charge < -0.3 is 4.74 Å². The number of carbonyl (C=O) groups is 2. The Bertz CT molecular complexity index is 320. The highest BCUT2D eigenvalue weighted by Crippen LogP contribution is 2.31. The topological polar surface area (TPSA) is 43.4 Å². The Kier molecular flexibility index (Phi) is 4.09. The minimum atomic E-state index is -1.15. The van der Waals surface area contributed by atoms with Gasteiger partial charge in [0, 0.05) is 5.88 Å². The van der Waals surface area contributed by atoms with Gasteiger partial charge >= 0.3 is 5.97 Å². The van der Waals surface area contributed by atoms with Crippen LogP contribution in [0.15, 0.2) is 24.3 Å². The number of esters is 1. The molecule has 0 heterocycles. The summed E-state index contributed by atoms with van der Waals surface area (Å²) in [4.78, 5) is 23.4. The number of ketones is 1. The number of allylic oxidation sites excluding steroid dienone is 3. The standard InChI is InChI=1S/C11H13ClO3/c1-15-10(14)11(7-4-8-12)6-3-2-5-9(11)13/h2-3,5-6H,4,7-8H2,1H3. The first-order valence-electron chi connectivity index (χ1n) is 4.72. The average Bonchev–Trinajstić information content (AvgIpc) is 2.27. The number of hydrogen-bond donors (Lipinski definition) is 0. The van der Waals surface area contributed by atoms with Crippen molar-refractivity contribution in [1.82, 2.24) is 0 Å².